The molecule has 3 amide bonds. The summed E-state index contributed by atoms with van der Waals surface area (Å²) in [6, 6.07) is 15.3. The first kappa shape index (κ1) is 24.5. The Morgan fingerprint density at radius 3 is 2.49 bits per heavy atom. The highest BCUT2D eigenvalue weighted by atomic mass is 16.5. The van der Waals surface area contributed by atoms with Gasteiger partial charge in [0.15, 0.2) is 5.69 Å². The van der Waals surface area contributed by atoms with Crippen LogP contribution in [-0.4, -0.2) is 50.9 Å². The molecule has 37 heavy (non-hydrogen) atoms. The molecule has 0 spiro atoms. The van der Waals surface area contributed by atoms with Gasteiger partial charge in [0.2, 0.25) is 5.91 Å². The Morgan fingerprint density at radius 1 is 1.08 bits per heavy atom. The van der Waals surface area contributed by atoms with E-state index < -0.39 is 11.4 Å². The van der Waals surface area contributed by atoms with E-state index in [1.54, 1.807) is 23.5 Å². The molecule has 0 radical (unpaired) electrons. The molecule has 0 bridgehead atoms. The molecule has 2 N–H and O–H groups in total. The first-order valence-corrected chi connectivity index (χ1v) is 12.4. The van der Waals surface area contributed by atoms with Crippen molar-refractivity contribution in [3.63, 3.8) is 0 Å². The van der Waals surface area contributed by atoms with Gasteiger partial charge in [0.1, 0.15) is 17.0 Å². The van der Waals surface area contributed by atoms with Crippen LogP contribution in [0.1, 0.15) is 57.4 Å². The van der Waals surface area contributed by atoms with Gasteiger partial charge in [-0.05, 0) is 49.9 Å². The number of methoxy groups -OCH3 is 1. The van der Waals surface area contributed by atoms with E-state index in [9.17, 15) is 14.4 Å². The maximum absolute atomic E-state index is 13.8. The quantitative estimate of drug-likeness (QED) is 0.494. The van der Waals surface area contributed by atoms with Crippen LogP contribution in [0.2, 0.25) is 0 Å². The fourth-order valence-electron chi connectivity index (χ4n) is 4.96. The van der Waals surface area contributed by atoms with Crippen LogP contribution in [0.3, 0.4) is 0 Å². The lowest BCUT2D eigenvalue weighted by Gasteiger charge is -2.44. The molecule has 1 atom stereocenters. The maximum atomic E-state index is 13.8. The second-order valence-corrected chi connectivity index (χ2v) is 9.96. The van der Waals surface area contributed by atoms with Crippen molar-refractivity contribution in [3.8, 4) is 5.75 Å². The topological polar surface area (TPSA) is 106 Å². The molecule has 5 rings (SSSR count). The summed E-state index contributed by atoms with van der Waals surface area (Å²) in [5, 5.41) is 5.87. The number of carbonyl (C=O) groups is 3. The van der Waals surface area contributed by atoms with E-state index in [0.29, 0.717) is 12.3 Å². The van der Waals surface area contributed by atoms with Crippen molar-refractivity contribution in [3.05, 3.63) is 82.9 Å². The van der Waals surface area contributed by atoms with Gasteiger partial charge in [-0.15, -0.1) is 0 Å². The molecule has 1 fully saturated rings. The monoisotopic (exact) mass is 501 g/mol. The van der Waals surface area contributed by atoms with E-state index in [0.717, 1.165) is 29.5 Å². The van der Waals surface area contributed by atoms with Gasteiger partial charge < -0.3 is 24.8 Å². The van der Waals surface area contributed by atoms with Crippen LogP contribution in [0.15, 0.2) is 54.9 Å². The minimum absolute atomic E-state index is 0.0291. The SMILES string of the molecule is COc1cccc(CNC(=O)c2ncn3c2C(=O)N(C2CC2)[C@](C)(C(=O)NCc2cccc(C)c2)C3)c1. The molecule has 192 valence electrons. The maximum Gasteiger partial charge on any atom is 0.274 e. The van der Waals surface area contributed by atoms with E-state index in [4.69, 9.17) is 4.74 Å². The van der Waals surface area contributed by atoms with Crippen LogP contribution >= 0.6 is 0 Å². The highest BCUT2D eigenvalue weighted by Crippen LogP contribution is 2.38. The van der Waals surface area contributed by atoms with Gasteiger partial charge in [-0.1, -0.05) is 42.0 Å². The number of hydrogen-bond donors (Lipinski definition) is 2. The highest BCUT2D eigenvalue weighted by molar-refractivity contribution is 6.07. The summed E-state index contributed by atoms with van der Waals surface area (Å²) in [5.41, 5.74) is 2.18. The van der Waals surface area contributed by atoms with Crippen molar-refractivity contribution in [2.45, 2.75) is 57.9 Å². The van der Waals surface area contributed by atoms with Crippen LogP contribution in [0.5, 0.6) is 5.75 Å². The van der Waals surface area contributed by atoms with Crippen LogP contribution in [-0.2, 0) is 24.4 Å². The van der Waals surface area contributed by atoms with Crippen molar-refractivity contribution in [2.24, 2.45) is 0 Å². The molecule has 0 saturated heterocycles. The van der Waals surface area contributed by atoms with Crippen molar-refractivity contribution in [2.75, 3.05) is 7.11 Å². The lowest BCUT2D eigenvalue weighted by molar-refractivity contribution is -0.133. The molecule has 9 heteroatoms. The molecule has 2 aromatic carbocycles. The number of imidazole rings is 1. The van der Waals surface area contributed by atoms with Gasteiger partial charge in [-0.3, -0.25) is 14.4 Å². The minimum Gasteiger partial charge on any atom is -0.497 e. The fourth-order valence-corrected chi connectivity index (χ4v) is 4.96. The minimum atomic E-state index is -1.09. The van der Waals surface area contributed by atoms with Gasteiger partial charge in [0.25, 0.3) is 11.8 Å². The molecule has 2 heterocycles. The van der Waals surface area contributed by atoms with Crippen molar-refractivity contribution < 1.29 is 19.1 Å². The summed E-state index contributed by atoms with van der Waals surface area (Å²) in [5.74, 6) is -0.307. The first-order chi connectivity index (χ1) is 17.8. The Morgan fingerprint density at radius 2 is 1.78 bits per heavy atom. The summed E-state index contributed by atoms with van der Waals surface area (Å²) in [4.78, 5) is 46.3. The van der Waals surface area contributed by atoms with E-state index in [2.05, 4.69) is 15.6 Å². The number of amides is 3. The molecular weight excluding hydrogens is 470 g/mol. The van der Waals surface area contributed by atoms with Crippen LogP contribution in [0.4, 0.5) is 0 Å². The van der Waals surface area contributed by atoms with E-state index >= 15 is 0 Å². The molecule has 1 aliphatic heterocycles. The Hall–Kier alpha value is -4.14. The van der Waals surface area contributed by atoms with E-state index in [1.807, 2.05) is 55.5 Å². The zero-order valence-electron chi connectivity index (χ0n) is 21.3. The Balaban J connectivity index is 1.35. The normalized spacial score (nSPS) is 18.8. The van der Waals surface area contributed by atoms with Gasteiger partial charge >= 0.3 is 0 Å². The van der Waals surface area contributed by atoms with Gasteiger partial charge in [0.05, 0.1) is 20.0 Å². The second-order valence-electron chi connectivity index (χ2n) is 9.96. The predicted octanol–water partition coefficient (Wildman–Crippen LogP) is 2.82. The number of aryl methyl sites for hydroxylation is 1. The zero-order valence-corrected chi connectivity index (χ0v) is 21.3. The molecule has 0 unspecified atom stereocenters. The average Bonchev–Trinajstić information content (AvgIpc) is 3.63. The summed E-state index contributed by atoms with van der Waals surface area (Å²) in [6.07, 6.45) is 3.14. The lowest BCUT2D eigenvalue weighted by Crippen LogP contribution is -2.64. The number of nitrogens with zero attached hydrogens (tertiary/aromatic N) is 3. The van der Waals surface area contributed by atoms with Gasteiger partial charge in [-0.2, -0.15) is 0 Å². The Kier molecular flexibility index (Phi) is 6.45. The lowest BCUT2D eigenvalue weighted by atomic mass is 9.93. The molecule has 1 aliphatic carbocycles. The van der Waals surface area contributed by atoms with Crippen LogP contribution in [0.25, 0.3) is 0 Å². The predicted molar refractivity (Wildman–Crippen MR) is 137 cm³/mol. The Bertz CT molecular complexity index is 1360. The third-order valence-corrected chi connectivity index (χ3v) is 7.01. The van der Waals surface area contributed by atoms with Crippen molar-refractivity contribution in [1.29, 1.82) is 0 Å². The van der Waals surface area contributed by atoms with E-state index in [1.165, 1.54) is 6.33 Å². The summed E-state index contributed by atoms with van der Waals surface area (Å²) in [6.45, 7) is 4.66. The van der Waals surface area contributed by atoms with Crippen molar-refractivity contribution in [1.82, 2.24) is 25.1 Å². The summed E-state index contributed by atoms with van der Waals surface area (Å²) >= 11 is 0. The van der Waals surface area contributed by atoms with Gasteiger partial charge in [0, 0.05) is 19.1 Å². The van der Waals surface area contributed by atoms with Gasteiger partial charge in [-0.25, -0.2) is 4.98 Å². The summed E-state index contributed by atoms with van der Waals surface area (Å²) < 4.78 is 6.87. The third kappa shape index (κ3) is 4.81. The average molecular weight is 502 g/mol. The van der Waals surface area contributed by atoms with Crippen molar-refractivity contribution >= 4 is 17.7 Å². The molecule has 1 saturated carbocycles. The highest BCUT2D eigenvalue weighted by Gasteiger charge is 2.53. The second kappa shape index (κ2) is 9.72. The van der Waals surface area contributed by atoms with E-state index in [-0.39, 0.29) is 42.3 Å². The third-order valence-electron chi connectivity index (χ3n) is 7.01. The molecule has 2 aliphatic rings. The number of nitrogens with one attached hydrogen (secondary N) is 2. The number of benzene rings is 2. The first-order valence-electron chi connectivity index (χ1n) is 12.4. The molecule has 9 nitrogen and oxygen atoms in total. The largest absolute Gasteiger partial charge is 0.497 e. The number of aromatic nitrogens is 2. The van der Waals surface area contributed by atoms with Crippen LogP contribution < -0.4 is 15.4 Å². The zero-order chi connectivity index (χ0) is 26.2. The molecule has 1 aromatic heterocycles. The number of carbonyl (C=O) groups excluding carboxylic acids is 3. The number of ether oxygens (including phenoxy) is 1. The van der Waals surface area contributed by atoms with Crippen LogP contribution in [0, 0.1) is 6.92 Å². The smallest absolute Gasteiger partial charge is 0.274 e. The Labute approximate surface area is 215 Å². The number of hydrogen-bond acceptors (Lipinski definition) is 5. The standard InChI is InChI=1S/C28H31N5O4/c1-18-6-4-7-19(12-18)15-30-27(36)28(2)16-32-17-31-23(24(32)26(35)33(28)21-10-11-21)25(34)29-14-20-8-5-9-22(13-20)37-3/h4-9,12-13,17,21H,10-11,14-16H2,1-3H3,(H,29,34)(H,30,36)/t28-/m0/s1. The molecular formula is C28H31N5O4. The molecule has 3 aromatic rings. The number of fused-ring (bicyclic) bond motifs is 1. The number of rotatable bonds is 8. The fraction of sp³-hybridized carbons (Fsp3) is 0.357. The summed E-state index contributed by atoms with van der Waals surface area (Å²) in [7, 11) is 1.59.